The molecule has 1 atom stereocenters. The molecule has 1 saturated heterocycles. The average Bonchev–Trinajstić information content (AvgIpc) is 2.93. The van der Waals surface area contributed by atoms with Gasteiger partial charge in [0.05, 0.1) is 11.9 Å². The number of benzene rings is 1. The number of sulfone groups is 1. The number of hydrogen-bond acceptors (Lipinski definition) is 4. The van der Waals surface area contributed by atoms with Crippen molar-refractivity contribution in [1.29, 1.82) is 0 Å². The molecule has 3 rings (SSSR count). The maximum Gasteiger partial charge on any atom is 0.334 e. The Labute approximate surface area is 147 Å². The van der Waals surface area contributed by atoms with E-state index in [0.717, 1.165) is 16.7 Å². The third-order valence-corrected chi connectivity index (χ3v) is 6.41. The Bertz CT molecular complexity index is 836. The van der Waals surface area contributed by atoms with Crippen LogP contribution in [0.25, 0.3) is 5.57 Å². The van der Waals surface area contributed by atoms with Gasteiger partial charge < -0.3 is 4.74 Å². The summed E-state index contributed by atoms with van der Waals surface area (Å²) in [4.78, 5) is 12.1. The van der Waals surface area contributed by atoms with Gasteiger partial charge in [-0.1, -0.05) is 29.8 Å². The lowest BCUT2D eigenvalue weighted by Crippen LogP contribution is -2.22. The number of halogens is 1. The van der Waals surface area contributed by atoms with E-state index in [9.17, 15) is 13.2 Å². The van der Waals surface area contributed by atoms with Crippen molar-refractivity contribution < 1.29 is 17.9 Å². The highest BCUT2D eigenvalue weighted by molar-refractivity contribution is 7.91. The molecule has 0 spiro atoms. The van der Waals surface area contributed by atoms with E-state index >= 15 is 0 Å². The van der Waals surface area contributed by atoms with Gasteiger partial charge in [0.25, 0.3) is 0 Å². The fraction of sp³-hybridized carbons (Fsp3) is 0.389. The van der Waals surface area contributed by atoms with Crippen LogP contribution in [0.4, 0.5) is 0 Å². The standard InChI is InChI=1S/C18H19ClO4S/c1-24(21,22)15-7-5-12(6-8-15)17(16-9-10-23-18(16)20)13-3-2-4-14(19)11-13/h2-5,11,15H,6-10H2,1H3/b17-16-. The summed E-state index contributed by atoms with van der Waals surface area (Å²) >= 11 is 6.12. The third kappa shape index (κ3) is 3.57. The minimum absolute atomic E-state index is 0.295. The Morgan fingerprint density at radius 2 is 2.08 bits per heavy atom. The van der Waals surface area contributed by atoms with Crippen molar-refractivity contribution >= 4 is 33.0 Å². The molecule has 1 aromatic carbocycles. The number of carbonyl (C=O) groups excluding carboxylic acids is 1. The molecule has 0 radical (unpaired) electrons. The molecule has 0 N–H and O–H groups in total. The zero-order chi connectivity index (χ0) is 17.3. The Kier molecular flexibility index (Phi) is 4.83. The maximum absolute atomic E-state index is 12.1. The average molecular weight is 367 g/mol. The van der Waals surface area contributed by atoms with E-state index < -0.39 is 9.84 Å². The predicted octanol–water partition coefficient (Wildman–Crippen LogP) is 3.56. The van der Waals surface area contributed by atoms with E-state index in [1.165, 1.54) is 6.26 Å². The fourth-order valence-electron chi connectivity index (χ4n) is 3.29. The molecular formula is C18H19ClO4S. The highest BCUT2D eigenvalue weighted by atomic mass is 35.5. The Hall–Kier alpha value is -1.59. The molecule has 0 aromatic heterocycles. The minimum atomic E-state index is -3.05. The summed E-state index contributed by atoms with van der Waals surface area (Å²) in [5, 5.41) is 0.254. The molecule has 1 aliphatic heterocycles. The maximum atomic E-state index is 12.1. The molecule has 6 heteroatoms. The van der Waals surface area contributed by atoms with Crippen LogP contribution >= 0.6 is 11.6 Å². The first-order valence-corrected chi connectivity index (χ1v) is 10.2. The van der Waals surface area contributed by atoms with Crippen molar-refractivity contribution in [2.45, 2.75) is 30.9 Å². The first-order valence-electron chi connectivity index (χ1n) is 7.91. The van der Waals surface area contributed by atoms with Crippen LogP contribution in [0, 0.1) is 0 Å². The molecular weight excluding hydrogens is 348 g/mol. The summed E-state index contributed by atoms with van der Waals surface area (Å²) in [6.45, 7) is 0.386. The summed E-state index contributed by atoms with van der Waals surface area (Å²) in [5.41, 5.74) is 3.39. The third-order valence-electron chi connectivity index (χ3n) is 4.54. The zero-order valence-electron chi connectivity index (χ0n) is 13.4. The second kappa shape index (κ2) is 6.73. The van der Waals surface area contributed by atoms with Gasteiger partial charge in [-0.05, 0) is 48.1 Å². The van der Waals surface area contributed by atoms with E-state index in [4.69, 9.17) is 16.3 Å². The van der Waals surface area contributed by atoms with Crippen molar-refractivity contribution in [1.82, 2.24) is 0 Å². The van der Waals surface area contributed by atoms with Crippen molar-refractivity contribution in [3.05, 3.63) is 52.1 Å². The highest BCUT2D eigenvalue weighted by Crippen LogP contribution is 2.38. The van der Waals surface area contributed by atoms with E-state index in [1.54, 1.807) is 6.07 Å². The van der Waals surface area contributed by atoms with Gasteiger partial charge >= 0.3 is 5.97 Å². The molecule has 1 heterocycles. The molecule has 24 heavy (non-hydrogen) atoms. The number of ether oxygens (including phenoxy) is 1. The number of esters is 1. The van der Waals surface area contributed by atoms with Crippen LogP contribution in [0.3, 0.4) is 0 Å². The highest BCUT2D eigenvalue weighted by Gasteiger charge is 2.29. The normalized spacial score (nSPS) is 23.7. The van der Waals surface area contributed by atoms with E-state index in [2.05, 4.69) is 0 Å². The van der Waals surface area contributed by atoms with Crippen molar-refractivity contribution in [3.8, 4) is 0 Å². The minimum Gasteiger partial charge on any atom is -0.462 e. The second-order valence-electron chi connectivity index (χ2n) is 6.21. The Morgan fingerprint density at radius 3 is 2.62 bits per heavy atom. The first-order chi connectivity index (χ1) is 11.4. The number of rotatable bonds is 3. The lowest BCUT2D eigenvalue weighted by Gasteiger charge is -2.23. The molecule has 2 aliphatic rings. The summed E-state index contributed by atoms with van der Waals surface area (Å²) in [6.07, 6.45) is 5.45. The van der Waals surface area contributed by atoms with Gasteiger partial charge in [0.1, 0.15) is 0 Å². The molecule has 1 fully saturated rings. The molecule has 128 valence electrons. The lowest BCUT2D eigenvalue weighted by molar-refractivity contribution is -0.135. The number of allylic oxidation sites excluding steroid dienone is 3. The SMILES string of the molecule is CS(=O)(=O)C1CC=C(/C(=C2\CCOC2=O)c2cccc(Cl)c2)CC1. The largest absolute Gasteiger partial charge is 0.462 e. The molecule has 1 aliphatic carbocycles. The number of cyclic esters (lactones) is 1. The van der Waals surface area contributed by atoms with Crippen LogP contribution in [-0.4, -0.2) is 32.5 Å². The molecule has 4 nitrogen and oxygen atoms in total. The van der Waals surface area contributed by atoms with Crippen molar-refractivity contribution in [2.24, 2.45) is 0 Å². The quantitative estimate of drug-likeness (QED) is 0.606. The predicted molar refractivity (Wildman–Crippen MR) is 94.5 cm³/mol. The van der Waals surface area contributed by atoms with Gasteiger partial charge in [-0.3, -0.25) is 0 Å². The van der Waals surface area contributed by atoms with Crippen LogP contribution in [-0.2, 0) is 19.4 Å². The van der Waals surface area contributed by atoms with Gasteiger partial charge in [0, 0.05) is 23.3 Å². The van der Waals surface area contributed by atoms with Crippen LogP contribution in [0.1, 0.15) is 31.2 Å². The molecule has 1 unspecified atom stereocenters. The molecule has 0 saturated carbocycles. The summed E-state index contributed by atoms with van der Waals surface area (Å²) in [7, 11) is -3.05. The number of carbonyl (C=O) groups is 1. The van der Waals surface area contributed by atoms with Crippen molar-refractivity contribution in [2.75, 3.05) is 12.9 Å². The van der Waals surface area contributed by atoms with Gasteiger partial charge in [0.15, 0.2) is 9.84 Å². The van der Waals surface area contributed by atoms with Crippen LogP contribution in [0.15, 0.2) is 41.5 Å². The summed E-state index contributed by atoms with van der Waals surface area (Å²) < 4.78 is 28.6. The summed E-state index contributed by atoms with van der Waals surface area (Å²) in [6, 6.07) is 7.39. The van der Waals surface area contributed by atoms with E-state index in [0.29, 0.717) is 42.9 Å². The Balaban J connectivity index is 2.04. The smallest absolute Gasteiger partial charge is 0.334 e. The molecule has 0 bridgehead atoms. The lowest BCUT2D eigenvalue weighted by atomic mass is 9.86. The second-order valence-corrected chi connectivity index (χ2v) is 8.97. The van der Waals surface area contributed by atoms with Crippen molar-refractivity contribution in [3.63, 3.8) is 0 Å². The summed E-state index contributed by atoms with van der Waals surface area (Å²) in [5.74, 6) is -0.295. The van der Waals surface area contributed by atoms with E-state index in [1.807, 2.05) is 24.3 Å². The molecule has 0 amide bonds. The Morgan fingerprint density at radius 1 is 1.29 bits per heavy atom. The van der Waals surface area contributed by atoms with Gasteiger partial charge in [-0.2, -0.15) is 0 Å². The number of hydrogen-bond donors (Lipinski definition) is 0. The van der Waals surface area contributed by atoms with Crippen LogP contribution in [0.5, 0.6) is 0 Å². The topological polar surface area (TPSA) is 60.4 Å². The van der Waals surface area contributed by atoms with E-state index in [-0.39, 0.29) is 11.2 Å². The fourth-order valence-corrected chi connectivity index (χ4v) is 4.47. The van der Waals surface area contributed by atoms with Crippen LogP contribution < -0.4 is 0 Å². The molecule has 1 aromatic rings. The first kappa shape index (κ1) is 17.2. The van der Waals surface area contributed by atoms with Gasteiger partial charge in [-0.15, -0.1) is 0 Å². The van der Waals surface area contributed by atoms with Crippen LogP contribution in [0.2, 0.25) is 5.02 Å². The monoisotopic (exact) mass is 366 g/mol. The van der Waals surface area contributed by atoms with Gasteiger partial charge in [0.2, 0.25) is 0 Å². The zero-order valence-corrected chi connectivity index (χ0v) is 15.0. The van der Waals surface area contributed by atoms with Gasteiger partial charge in [-0.25, -0.2) is 13.2 Å².